The highest BCUT2D eigenvalue weighted by atomic mass is 16.5. The maximum atomic E-state index is 12.8. The molecule has 0 aromatic heterocycles. The van der Waals surface area contributed by atoms with E-state index in [1.165, 1.54) is 11.1 Å². The fraction of sp³-hybridized carbons (Fsp3) is 0.381. The molecule has 1 aliphatic rings. The van der Waals surface area contributed by atoms with Crippen LogP contribution in [0.5, 0.6) is 5.75 Å². The zero-order valence-electron chi connectivity index (χ0n) is 15.4. The van der Waals surface area contributed by atoms with Crippen LogP contribution in [0.15, 0.2) is 48.5 Å². The molecule has 1 aliphatic heterocycles. The number of anilines is 1. The Morgan fingerprint density at radius 1 is 1.19 bits per heavy atom. The number of carbonyl (C=O) groups is 1. The van der Waals surface area contributed by atoms with Crippen LogP contribution in [0.25, 0.3) is 0 Å². The van der Waals surface area contributed by atoms with Gasteiger partial charge >= 0.3 is 6.03 Å². The van der Waals surface area contributed by atoms with Gasteiger partial charge in [0, 0.05) is 25.4 Å². The quantitative estimate of drug-likeness (QED) is 0.783. The Bertz CT molecular complexity index is 748. The Labute approximate surface area is 154 Å². The lowest BCUT2D eigenvalue weighted by Crippen LogP contribution is -2.34. The van der Waals surface area contributed by atoms with Gasteiger partial charge in [0.15, 0.2) is 0 Å². The van der Waals surface area contributed by atoms with E-state index in [1.54, 1.807) is 7.11 Å². The van der Waals surface area contributed by atoms with E-state index >= 15 is 0 Å². The number of amides is 2. The Morgan fingerprint density at radius 3 is 2.85 bits per heavy atom. The van der Waals surface area contributed by atoms with Crippen LogP contribution in [0.3, 0.4) is 0 Å². The van der Waals surface area contributed by atoms with Crippen LogP contribution in [-0.4, -0.2) is 37.8 Å². The molecule has 1 saturated heterocycles. The molecule has 5 nitrogen and oxygen atoms in total. The molecule has 0 saturated carbocycles. The molecule has 1 atom stereocenters. The molecule has 0 spiro atoms. The molecule has 1 unspecified atom stereocenters. The highest BCUT2D eigenvalue weighted by Gasteiger charge is 2.30. The Balaban J connectivity index is 1.67. The molecule has 1 N–H and O–H groups in total. The van der Waals surface area contributed by atoms with Crippen molar-refractivity contribution in [2.75, 3.05) is 32.2 Å². The minimum Gasteiger partial charge on any atom is -0.491 e. The molecule has 2 aromatic rings. The summed E-state index contributed by atoms with van der Waals surface area (Å²) in [4.78, 5) is 14.8. The van der Waals surface area contributed by atoms with Gasteiger partial charge in [-0.3, -0.25) is 0 Å². The van der Waals surface area contributed by atoms with Crippen LogP contribution in [0.4, 0.5) is 10.5 Å². The molecule has 2 aromatic carbocycles. The smallest absolute Gasteiger partial charge is 0.322 e. The van der Waals surface area contributed by atoms with Gasteiger partial charge in [0.1, 0.15) is 12.4 Å². The monoisotopic (exact) mass is 354 g/mol. The first kappa shape index (κ1) is 18.3. The van der Waals surface area contributed by atoms with Gasteiger partial charge in [-0.15, -0.1) is 0 Å². The second-order valence-corrected chi connectivity index (χ2v) is 6.51. The van der Waals surface area contributed by atoms with E-state index in [2.05, 4.69) is 24.4 Å². The maximum Gasteiger partial charge on any atom is 0.322 e. The molecule has 0 bridgehead atoms. The second-order valence-electron chi connectivity index (χ2n) is 6.51. The lowest BCUT2D eigenvalue weighted by atomic mass is 9.99. The predicted octanol–water partition coefficient (Wildman–Crippen LogP) is 4.39. The summed E-state index contributed by atoms with van der Waals surface area (Å²) in [6.07, 6.45) is 2.02. The lowest BCUT2D eigenvalue weighted by Gasteiger charge is -2.26. The molecule has 1 fully saturated rings. The van der Waals surface area contributed by atoms with Crippen molar-refractivity contribution in [2.45, 2.75) is 25.8 Å². The average Bonchev–Trinajstić information content (AvgIpc) is 3.12. The molecule has 0 radical (unpaired) electrons. The third-order valence-corrected chi connectivity index (χ3v) is 4.70. The van der Waals surface area contributed by atoms with E-state index in [4.69, 9.17) is 9.47 Å². The zero-order valence-corrected chi connectivity index (χ0v) is 15.4. The first-order chi connectivity index (χ1) is 12.7. The van der Waals surface area contributed by atoms with E-state index in [9.17, 15) is 4.79 Å². The van der Waals surface area contributed by atoms with Crippen molar-refractivity contribution in [3.63, 3.8) is 0 Å². The number of nitrogens with one attached hydrogen (secondary N) is 1. The molecule has 0 aliphatic carbocycles. The van der Waals surface area contributed by atoms with Crippen molar-refractivity contribution in [3.8, 4) is 5.75 Å². The highest BCUT2D eigenvalue weighted by Crippen LogP contribution is 2.34. The van der Waals surface area contributed by atoms with Gasteiger partial charge in [-0.25, -0.2) is 4.79 Å². The normalized spacial score (nSPS) is 16.5. The fourth-order valence-corrected chi connectivity index (χ4v) is 3.40. The first-order valence-corrected chi connectivity index (χ1v) is 9.04. The summed E-state index contributed by atoms with van der Waals surface area (Å²) < 4.78 is 10.6. The number of rotatable bonds is 6. The van der Waals surface area contributed by atoms with Crippen molar-refractivity contribution in [2.24, 2.45) is 0 Å². The SMILES string of the molecule is COCCOc1cccc(NC(=O)N2CCCC2c2ccccc2C)c1. The summed E-state index contributed by atoms with van der Waals surface area (Å²) in [7, 11) is 1.64. The number of urea groups is 1. The van der Waals surface area contributed by atoms with Gasteiger partial charge in [0.25, 0.3) is 0 Å². The van der Waals surface area contributed by atoms with E-state index in [0.29, 0.717) is 13.2 Å². The fourth-order valence-electron chi connectivity index (χ4n) is 3.40. The van der Waals surface area contributed by atoms with Gasteiger partial charge in [0.2, 0.25) is 0 Å². The van der Waals surface area contributed by atoms with Crippen LogP contribution >= 0.6 is 0 Å². The molecule has 1 heterocycles. The van der Waals surface area contributed by atoms with Gasteiger partial charge in [-0.2, -0.15) is 0 Å². The number of hydrogen-bond donors (Lipinski definition) is 1. The van der Waals surface area contributed by atoms with Gasteiger partial charge in [0.05, 0.1) is 12.6 Å². The summed E-state index contributed by atoms with van der Waals surface area (Å²) >= 11 is 0. The topological polar surface area (TPSA) is 50.8 Å². The first-order valence-electron chi connectivity index (χ1n) is 9.04. The molecule has 3 rings (SSSR count). The summed E-state index contributed by atoms with van der Waals surface area (Å²) in [5.41, 5.74) is 3.20. The predicted molar refractivity (Wildman–Crippen MR) is 103 cm³/mol. The summed E-state index contributed by atoms with van der Waals surface area (Å²) in [5, 5.41) is 3.01. The van der Waals surface area contributed by atoms with Crippen molar-refractivity contribution in [1.29, 1.82) is 0 Å². The standard InChI is InChI=1S/C21H26N2O3/c1-16-7-3-4-10-19(16)20-11-6-12-23(20)21(24)22-17-8-5-9-18(15-17)26-14-13-25-2/h3-5,7-10,15,20H,6,11-14H2,1-2H3,(H,22,24). The molecular formula is C21H26N2O3. The van der Waals surface area contributed by atoms with E-state index in [-0.39, 0.29) is 12.1 Å². The number of methoxy groups -OCH3 is 1. The Hall–Kier alpha value is -2.53. The number of ether oxygens (including phenoxy) is 2. The van der Waals surface area contributed by atoms with Crippen molar-refractivity contribution >= 4 is 11.7 Å². The van der Waals surface area contributed by atoms with Gasteiger partial charge < -0.3 is 19.7 Å². The minimum absolute atomic E-state index is 0.0650. The van der Waals surface area contributed by atoms with Gasteiger partial charge in [-0.1, -0.05) is 30.3 Å². The number of aryl methyl sites for hydroxylation is 1. The van der Waals surface area contributed by atoms with Gasteiger partial charge in [-0.05, 0) is 43.0 Å². The number of likely N-dealkylation sites (tertiary alicyclic amines) is 1. The maximum absolute atomic E-state index is 12.8. The van der Waals surface area contributed by atoms with Crippen molar-refractivity contribution in [3.05, 3.63) is 59.7 Å². The van der Waals surface area contributed by atoms with Crippen LogP contribution in [-0.2, 0) is 4.74 Å². The molecule has 5 heteroatoms. The summed E-state index contributed by atoms with van der Waals surface area (Å²) in [6, 6.07) is 15.8. The van der Waals surface area contributed by atoms with Crippen molar-refractivity contribution < 1.29 is 14.3 Å². The summed E-state index contributed by atoms with van der Waals surface area (Å²) in [6.45, 7) is 3.89. The largest absolute Gasteiger partial charge is 0.491 e. The molecule has 138 valence electrons. The van der Waals surface area contributed by atoms with E-state index in [0.717, 1.165) is 30.8 Å². The molecule has 26 heavy (non-hydrogen) atoms. The molecule has 2 amide bonds. The van der Waals surface area contributed by atoms with Crippen molar-refractivity contribution in [1.82, 2.24) is 4.90 Å². The van der Waals surface area contributed by atoms with Crippen LogP contribution in [0, 0.1) is 6.92 Å². The lowest BCUT2D eigenvalue weighted by molar-refractivity contribution is 0.146. The second kappa shape index (κ2) is 8.72. The molecular weight excluding hydrogens is 328 g/mol. The third-order valence-electron chi connectivity index (χ3n) is 4.70. The van der Waals surface area contributed by atoms with Crippen LogP contribution < -0.4 is 10.1 Å². The average molecular weight is 354 g/mol. The van der Waals surface area contributed by atoms with E-state index < -0.39 is 0 Å². The number of benzene rings is 2. The number of nitrogens with zero attached hydrogens (tertiary/aromatic N) is 1. The van der Waals surface area contributed by atoms with Crippen LogP contribution in [0.2, 0.25) is 0 Å². The Kier molecular flexibility index (Phi) is 6.12. The van der Waals surface area contributed by atoms with E-state index in [1.807, 2.05) is 41.3 Å². The zero-order chi connectivity index (χ0) is 18.4. The number of carbonyl (C=O) groups excluding carboxylic acids is 1. The highest BCUT2D eigenvalue weighted by molar-refractivity contribution is 5.90. The van der Waals surface area contributed by atoms with Crippen LogP contribution in [0.1, 0.15) is 30.0 Å². The Morgan fingerprint density at radius 2 is 2.04 bits per heavy atom. The number of hydrogen-bond acceptors (Lipinski definition) is 3. The minimum atomic E-state index is -0.0650. The summed E-state index contributed by atoms with van der Waals surface area (Å²) in [5.74, 6) is 0.719. The third kappa shape index (κ3) is 4.35.